The van der Waals surface area contributed by atoms with Crippen molar-refractivity contribution in [3.05, 3.63) is 0 Å². The minimum atomic E-state index is 0.199. The van der Waals surface area contributed by atoms with Gasteiger partial charge in [0.15, 0.2) is 0 Å². The fourth-order valence-electron chi connectivity index (χ4n) is 1.59. The summed E-state index contributed by atoms with van der Waals surface area (Å²) in [5.41, 5.74) is 5.97. The molecule has 1 atom stereocenters. The van der Waals surface area contributed by atoms with E-state index in [1.807, 2.05) is 0 Å². The summed E-state index contributed by atoms with van der Waals surface area (Å²) in [6, 6.07) is 0. The highest BCUT2D eigenvalue weighted by atomic mass is 16.3. The summed E-state index contributed by atoms with van der Waals surface area (Å²) in [4.78, 5) is 2.30. The Kier molecular flexibility index (Phi) is 7.15. The van der Waals surface area contributed by atoms with Crippen LogP contribution >= 0.6 is 0 Å². The molecule has 86 valence electrons. The number of nitrogens with zero attached hydrogens (tertiary/aromatic N) is 1. The first-order valence-corrected chi connectivity index (χ1v) is 5.65. The van der Waals surface area contributed by atoms with E-state index >= 15 is 0 Å². The summed E-state index contributed by atoms with van der Waals surface area (Å²) < 4.78 is 0. The van der Waals surface area contributed by atoms with Gasteiger partial charge in [0.1, 0.15) is 0 Å². The van der Waals surface area contributed by atoms with E-state index in [9.17, 15) is 0 Å². The third kappa shape index (κ3) is 4.94. The molecule has 0 fully saturated rings. The van der Waals surface area contributed by atoms with Crippen LogP contribution in [0.15, 0.2) is 0 Å². The number of hydrogen-bond acceptors (Lipinski definition) is 3. The zero-order valence-electron chi connectivity index (χ0n) is 9.92. The van der Waals surface area contributed by atoms with Crippen molar-refractivity contribution in [3.63, 3.8) is 0 Å². The van der Waals surface area contributed by atoms with Crippen molar-refractivity contribution in [2.45, 2.75) is 33.6 Å². The van der Waals surface area contributed by atoms with Gasteiger partial charge in [0.25, 0.3) is 0 Å². The third-order valence-electron chi connectivity index (χ3n) is 2.91. The maximum atomic E-state index is 8.93. The second kappa shape index (κ2) is 7.21. The molecule has 0 aromatic carbocycles. The lowest BCUT2D eigenvalue weighted by Gasteiger charge is -2.33. The topological polar surface area (TPSA) is 49.5 Å². The van der Waals surface area contributed by atoms with E-state index in [0.29, 0.717) is 0 Å². The molecule has 14 heavy (non-hydrogen) atoms. The van der Waals surface area contributed by atoms with Crippen LogP contribution in [0.3, 0.4) is 0 Å². The molecule has 0 aliphatic heterocycles. The molecule has 0 saturated heterocycles. The van der Waals surface area contributed by atoms with E-state index in [4.69, 9.17) is 10.8 Å². The standard InChI is InChI=1S/C11H26N2O/c1-4-6-13(7-8-14)10-11(3,5-2)9-12/h14H,4-10,12H2,1-3H3. The Labute approximate surface area is 88.3 Å². The third-order valence-corrected chi connectivity index (χ3v) is 2.91. The highest BCUT2D eigenvalue weighted by molar-refractivity contribution is 4.78. The Bertz CT molecular complexity index is 129. The normalized spacial score (nSPS) is 15.9. The van der Waals surface area contributed by atoms with E-state index in [1.165, 1.54) is 0 Å². The molecule has 3 N–H and O–H groups in total. The minimum absolute atomic E-state index is 0.199. The molecule has 0 heterocycles. The number of nitrogens with two attached hydrogens (primary N) is 1. The van der Waals surface area contributed by atoms with Gasteiger partial charge < -0.3 is 15.7 Å². The molecule has 0 bridgehead atoms. The van der Waals surface area contributed by atoms with Crippen LogP contribution in [-0.4, -0.2) is 42.8 Å². The summed E-state index contributed by atoms with van der Waals surface area (Å²) in [7, 11) is 0. The lowest BCUT2D eigenvalue weighted by Crippen LogP contribution is -2.41. The molecule has 0 spiro atoms. The molecule has 0 saturated carbocycles. The van der Waals surface area contributed by atoms with Crippen LogP contribution in [0.2, 0.25) is 0 Å². The number of aliphatic hydroxyl groups excluding tert-OH is 1. The summed E-state index contributed by atoms with van der Waals surface area (Å²) in [5.74, 6) is 0. The highest BCUT2D eigenvalue weighted by Gasteiger charge is 2.22. The van der Waals surface area contributed by atoms with Gasteiger partial charge >= 0.3 is 0 Å². The summed E-state index contributed by atoms with van der Waals surface area (Å²) >= 11 is 0. The average Bonchev–Trinajstić information content (AvgIpc) is 2.18. The SMILES string of the molecule is CCCN(CCO)CC(C)(CC)CN. The Morgan fingerprint density at radius 1 is 1.29 bits per heavy atom. The van der Waals surface area contributed by atoms with Crippen molar-refractivity contribution in [2.75, 3.05) is 32.8 Å². The monoisotopic (exact) mass is 202 g/mol. The smallest absolute Gasteiger partial charge is 0.0558 e. The first kappa shape index (κ1) is 13.9. The van der Waals surface area contributed by atoms with E-state index < -0.39 is 0 Å². The van der Waals surface area contributed by atoms with Gasteiger partial charge in [-0.2, -0.15) is 0 Å². The van der Waals surface area contributed by atoms with Gasteiger partial charge in [-0.1, -0.05) is 20.8 Å². The average molecular weight is 202 g/mol. The van der Waals surface area contributed by atoms with Crippen molar-refractivity contribution < 1.29 is 5.11 Å². The molecule has 1 unspecified atom stereocenters. The number of hydrogen-bond donors (Lipinski definition) is 2. The van der Waals surface area contributed by atoms with Gasteiger partial charge in [-0.3, -0.25) is 0 Å². The van der Waals surface area contributed by atoms with Crippen LogP contribution < -0.4 is 5.73 Å². The van der Waals surface area contributed by atoms with Crippen molar-refractivity contribution in [2.24, 2.45) is 11.1 Å². The molecule has 0 rings (SSSR count). The van der Waals surface area contributed by atoms with Gasteiger partial charge in [0, 0.05) is 13.1 Å². The van der Waals surface area contributed by atoms with Crippen LogP contribution in [0.4, 0.5) is 0 Å². The molecule has 0 aromatic heterocycles. The van der Waals surface area contributed by atoms with Crippen molar-refractivity contribution >= 4 is 0 Å². The fourth-order valence-corrected chi connectivity index (χ4v) is 1.59. The van der Waals surface area contributed by atoms with Crippen LogP contribution in [0.25, 0.3) is 0 Å². The second-order valence-electron chi connectivity index (χ2n) is 4.37. The summed E-state index contributed by atoms with van der Waals surface area (Å²) in [6.45, 7) is 10.3. The zero-order chi connectivity index (χ0) is 11.0. The zero-order valence-corrected chi connectivity index (χ0v) is 9.92. The Hall–Kier alpha value is -0.120. The van der Waals surface area contributed by atoms with Gasteiger partial charge in [0.2, 0.25) is 0 Å². The molecule has 0 aliphatic carbocycles. The van der Waals surface area contributed by atoms with E-state index in [1.54, 1.807) is 0 Å². The molecule has 0 radical (unpaired) electrons. The second-order valence-corrected chi connectivity index (χ2v) is 4.37. The Morgan fingerprint density at radius 3 is 2.29 bits per heavy atom. The van der Waals surface area contributed by atoms with E-state index in [-0.39, 0.29) is 12.0 Å². The molecule has 3 nitrogen and oxygen atoms in total. The lowest BCUT2D eigenvalue weighted by molar-refractivity contribution is 0.135. The highest BCUT2D eigenvalue weighted by Crippen LogP contribution is 2.20. The number of aliphatic hydroxyl groups is 1. The maximum Gasteiger partial charge on any atom is 0.0558 e. The van der Waals surface area contributed by atoms with Crippen LogP contribution in [-0.2, 0) is 0 Å². The molecule has 0 aromatic rings. The Balaban J connectivity index is 4.10. The largest absolute Gasteiger partial charge is 0.395 e. The van der Waals surface area contributed by atoms with Gasteiger partial charge in [-0.05, 0) is 31.3 Å². The first-order chi connectivity index (χ1) is 6.61. The van der Waals surface area contributed by atoms with Crippen LogP contribution in [0.5, 0.6) is 0 Å². The van der Waals surface area contributed by atoms with Gasteiger partial charge in [-0.15, -0.1) is 0 Å². The predicted molar refractivity (Wildman–Crippen MR) is 61.3 cm³/mol. The minimum Gasteiger partial charge on any atom is -0.395 e. The summed E-state index contributed by atoms with van der Waals surface area (Å²) in [6.07, 6.45) is 2.22. The van der Waals surface area contributed by atoms with Gasteiger partial charge in [-0.25, -0.2) is 0 Å². The predicted octanol–water partition coefficient (Wildman–Crippen LogP) is 1.07. The maximum absolute atomic E-state index is 8.93. The quantitative estimate of drug-likeness (QED) is 0.619. The number of rotatable bonds is 8. The first-order valence-electron chi connectivity index (χ1n) is 5.65. The lowest BCUT2D eigenvalue weighted by atomic mass is 9.87. The van der Waals surface area contributed by atoms with Crippen molar-refractivity contribution in [1.29, 1.82) is 0 Å². The van der Waals surface area contributed by atoms with Crippen molar-refractivity contribution in [3.8, 4) is 0 Å². The molecule has 3 heteroatoms. The fraction of sp³-hybridized carbons (Fsp3) is 1.00. The van der Waals surface area contributed by atoms with Gasteiger partial charge in [0.05, 0.1) is 6.61 Å². The summed E-state index contributed by atoms with van der Waals surface area (Å²) in [5, 5.41) is 8.93. The van der Waals surface area contributed by atoms with E-state index in [0.717, 1.165) is 39.0 Å². The Morgan fingerprint density at radius 2 is 1.93 bits per heavy atom. The molecular formula is C11H26N2O. The van der Waals surface area contributed by atoms with E-state index in [2.05, 4.69) is 25.7 Å². The molecular weight excluding hydrogens is 176 g/mol. The molecule has 0 aliphatic rings. The van der Waals surface area contributed by atoms with Crippen LogP contribution in [0.1, 0.15) is 33.6 Å². The van der Waals surface area contributed by atoms with Crippen LogP contribution in [0, 0.1) is 5.41 Å². The molecule has 0 amide bonds. The van der Waals surface area contributed by atoms with Crippen molar-refractivity contribution in [1.82, 2.24) is 4.90 Å².